The Labute approximate surface area is 158 Å². The quantitative estimate of drug-likeness (QED) is 0.589. The van der Waals surface area contributed by atoms with Crippen LogP contribution < -0.4 is 10.2 Å². The smallest absolute Gasteiger partial charge is 0.287 e. The highest BCUT2D eigenvalue weighted by Gasteiger charge is 2.16. The lowest BCUT2D eigenvalue weighted by Gasteiger charge is -2.17. The molecule has 26 heavy (non-hydrogen) atoms. The summed E-state index contributed by atoms with van der Waals surface area (Å²) in [6.07, 6.45) is 2.44. The lowest BCUT2D eigenvalue weighted by atomic mass is 10.2. The van der Waals surface area contributed by atoms with E-state index in [1.807, 2.05) is 19.1 Å². The molecule has 3 heterocycles. The van der Waals surface area contributed by atoms with Crippen LogP contribution in [0, 0.1) is 12.8 Å². The summed E-state index contributed by atoms with van der Waals surface area (Å²) in [5.41, 5.74) is 0.970. The zero-order chi connectivity index (χ0) is 18.5. The molecule has 1 aliphatic heterocycles. The van der Waals surface area contributed by atoms with Crippen LogP contribution >= 0.6 is 11.8 Å². The third kappa shape index (κ3) is 5.00. The summed E-state index contributed by atoms with van der Waals surface area (Å²) in [7, 11) is 0. The van der Waals surface area contributed by atoms with Crippen molar-refractivity contribution in [1.82, 2.24) is 15.3 Å². The minimum absolute atomic E-state index is 0.168. The first kappa shape index (κ1) is 18.8. The van der Waals surface area contributed by atoms with Crippen LogP contribution in [0.5, 0.6) is 0 Å². The summed E-state index contributed by atoms with van der Waals surface area (Å²) in [6.45, 7) is 8.88. The van der Waals surface area contributed by atoms with E-state index in [2.05, 4.69) is 34.0 Å². The van der Waals surface area contributed by atoms with E-state index in [1.54, 1.807) is 6.07 Å². The molecular weight excluding hydrogens is 348 g/mol. The van der Waals surface area contributed by atoms with Crippen molar-refractivity contribution < 1.29 is 9.21 Å². The standard InChI is InChI=1S/C19H26N4O2S/c1-13(2)11-20-18(24)16-7-6-15(25-16)12-26-19-21-14(3)10-17(22-19)23-8-4-5-9-23/h6-7,10,13H,4-5,8-9,11-12H2,1-3H3,(H,20,24). The van der Waals surface area contributed by atoms with Crippen LogP contribution in [0.15, 0.2) is 27.8 Å². The molecule has 0 aliphatic carbocycles. The zero-order valence-corrected chi connectivity index (χ0v) is 16.4. The summed E-state index contributed by atoms with van der Waals surface area (Å²) in [5, 5.41) is 3.61. The van der Waals surface area contributed by atoms with Crippen LogP contribution in [0.3, 0.4) is 0 Å². The molecule has 0 radical (unpaired) electrons. The number of carbonyl (C=O) groups excluding carboxylic acids is 1. The third-order valence-corrected chi connectivity index (χ3v) is 5.02. The van der Waals surface area contributed by atoms with Gasteiger partial charge in [-0.1, -0.05) is 25.6 Å². The highest BCUT2D eigenvalue weighted by atomic mass is 32.2. The molecule has 2 aromatic rings. The zero-order valence-electron chi connectivity index (χ0n) is 15.6. The van der Waals surface area contributed by atoms with Gasteiger partial charge >= 0.3 is 0 Å². The number of furan rings is 1. The number of anilines is 1. The van der Waals surface area contributed by atoms with Crippen molar-refractivity contribution in [1.29, 1.82) is 0 Å². The van der Waals surface area contributed by atoms with E-state index in [0.29, 0.717) is 24.0 Å². The van der Waals surface area contributed by atoms with Gasteiger partial charge in [-0.25, -0.2) is 9.97 Å². The van der Waals surface area contributed by atoms with Crippen molar-refractivity contribution in [3.8, 4) is 0 Å². The second-order valence-corrected chi connectivity index (χ2v) is 7.95. The number of hydrogen-bond acceptors (Lipinski definition) is 6. The molecule has 1 N–H and O–H groups in total. The maximum absolute atomic E-state index is 12.0. The minimum atomic E-state index is -0.168. The molecule has 3 rings (SSSR count). The Kier molecular flexibility index (Phi) is 6.19. The lowest BCUT2D eigenvalue weighted by Crippen LogP contribution is -2.26. The maximum atomic E-state index is 12.0. The summed E-state index contributed by atoms with van der Waals surface area (Å²) in [5.74, 6) is 2.94. The van der Waals surface area contributed by atoms with Gasteiger partial charge in [-0.3, -0.25) is 4.79 Å². The van der Waals surface area contributed by atoms with Gasteiger partial charge < -0.3 is 14.6 Å². The number of thioether (sulfide) groups is 1. The van der Waals surface area contributed by atoms with Gasteiger partial charge in [-0.15, -0.1) is 0 Å². The molecule has 2 aromatic heterocycles. The second-order valence-electron chi connectivity index (χ2n) is 7.00. The van der Waals surface area contributed by atoms with Gasteiger partial charge in [0.15, 0.2) is 10.9 Å². The van der Waals surface area contributed by atoms with Crippen LogP contribution in [0.2, 0.25) is 0 Å². The van der Waals surface area contributed by atoms with E-state index in [-0.39, 0.29) is 5.91 Å². The molecule has 1 aliphatic rings. The lowest BCUT2D eigenvalue weighted by molar-refractivity contribution is 0.0920. The topological polar surface area (TPSA) is 71.3 Å². The molecule has 1 saturated heterocycles. The first-order valence-corrected chi connectivity index (χ1v) is 10.1. The SMILES string of the molecule is Cc1cc(N2CCCC2)nc(SCc2ccc(C(=O)NCC(C)C)o2)n1. The number of rotatable bonds is 7. The maximum Gasteiger partial charge on any atom is 0.287 e. The summed E-state index contributed by atoms with van der Waals surface area (Å²) in [4.78, 5) is 23.5. The Morgan fingerprint density at radius 3 is 2.81 bits per heavy atom. The molecule has 0 aromatic carbocycles. The third-order valence-electron chi connectivity index (χ3n) is 4.15. The van der Waals surface area contributed by atoms with Gasteiger partial charge in [0.05, 0.1) is 5.75 Å². The van der Waals surface area contributed by atoms with Gasteiger partial charge in [-0.2, -0.15) is 0 Å². The van der Waals surface area contributed by atoms with Crippen molar-refractivity contribution in [3.63, 3.8) is 0 Å². The molecule has 6 nitrogen and oxygen atoms in total. The summed E-state index contributed by atoms with van der Waals surface area (Å²) >= 11 is 1.53. The molecule has 7 heteroatoms. The highest BCUT2D eigenvalue weighted by Crippen LogP contribution is 2.25. The number of aromatic nitrogens is 2. The number of hydrogen-bond donors (Lipinski definition) is 1. The minimum Gasteiger partial charge on any atom is -0.455 e. The fourth-order valence-corrected chi connectivity index (χ4v) is 3.59. The Bertz CT molecular complexity index is 754. The van der Waals surface area contributed by atoms with Crippen molar-refractivity contribution in [2.75, 3.05) is 24.5 Å². The molecule has 1 fully saturated rings. The normalized spacial score (nSPS) is 14.2. The number of aryl methyl sites for hydroxylation is 1. The summed E-state index contributed by atoms with van der Waals surface area (Å²) < 4.78 is 5.66. The molecule has 140 valence electrons. The predicted octanol–water partition coefficient (Wildman–Crippen LogP) is 3.66. The molecule has 0 unspecified atom stereocenters. The van der Waals surface area contributed by atoms with Crippen molar-refractivity contribution >= 4 is 23.5 Å². The largest absolute Gasteiger partial charge is 0.455 e. The first-order chi connectivity index (χ1) is 12.5. The number of nitrogens with one attached hydrogen (secondary N) is 1. The average molecular weight is 375 g/mol. The van der Waals surface area contributed by atoms with Gasteiger partial charge in [0.1, 0.15) is 11.6 Å². The first-order valence-electron chi connectivity index (χ1n) is 9.11. The molecular formula is C19H26N4O2S. The van der Waals surface area contributed by atoms with Crippen molar-refractivity contribution in [2.45, 2.75) is 44.5 Å². The van der Waals surface area contributed by atoms with E-state index in [9.17, 15) is 4.79 Å². The number of nitrogens with zero attached hydrogens (tertiary/aromatic N) is 3. The Morgan fingerprint density at radius 1 is 1.31 bits per heavy atom. The van der Waals surface area contributed by atoms with Gasteiger partial charge in [0, 0.05) is 31.4 Å². The van der Waals surface area contributed by atoms with Gasteiger partial charge in [-0.05, 0) is 37.8 Å². The van der Waals surface area contributed by atoms with E-state index in [4.69, 9.17) is 4.42 Å². The van der Waals surface area contributed by atoms with Gasteiger partial charge in [0.25, 0.3) is 5.91 Å². The van der Waals surface area contributed by atoms with E-state index in [1.165, 1.54) is 24.6 Å². The average Bonchev–Trinajstić information content (AvgIpc) is 3.29. The van der Waals surface area contributed by atoms with E-state index in [0.717, 1.165) is 35.5 Å². The predicted molar refractivity (Wildman–Crippen MR) is 104 cm³/mol. The monoisotopic (exact) mass is 374 g/mol. The van der Waals surface area contributed by atoms with Gasteiger partial charge in [0.2, 0.25) is 0 Å². The van der Waals surface area contributed by atoms with E-state index < -0.39 is 0 Å². The van der Waals surface area contributed by atoms with E-state index >= 15 is 0 Å². The van der Waals surface area contributed by atoms with Crippen LogP contribution in [-0.2, 0) is 5.75 Å². The van der Waals surface area contributed by atoms with Crippen LogP contribution in [0.4, 0.5) is 5.82 Å². The molecule has 0 spiro atoms. The van der Waals surface area contributed by atoms with Crippen LogP contribution in [0.1, 0.15) is 48.7 Å². The number of amides is 1. The molecule has 1 amide bonds. The highest BCUT2D eigenvalue weighted by molar-refractivity contribution is 7.98. The van der Waals surface area contributed by atoms with Crippen molar-refractivity contribution in [2.24, 2.45) is 5.92 Å². The van der Waals surface area contributed by atoms with Crippen LogP contribution in [0.25, 0.3) is 0 Å². The Morgan fingerprint density at radius 2 is 2.08 bits per heavy atom. The molecule has 0 atom stereocenters. The fraction of sp³-hybridized carbons (Fsp3) is 0.526. The molecule has 0 bridgehead atoms. The Hall–Kier alpha value is -2.02. The van der Waals surface area contributed by atoms with Crippen LogP contribution in [-0.4, -0.2) is 35.5 Å². The summed E-state index contributed by atoms with van der Waals surface area (Å²) in [6, 6.07) is 5.60. The second kappa shape index (κ2) is 8.58. The molecule has 0 saturated carbocycles. The Balaban J connectivity index is 1.60. The fourth-order valence-electron chi connectivity index (χ4n) is 2.80. The number of carbonyl (C=O) groups is 1. The van der Waals surface area contributed by atoms with Crippen molar-refractivity contribution in [3.05, 3.63) is 35.4 Å².